The summed E-state index contributed by atoms with van der Waals surface area (Å²) in [6.45, 7) is 4.13. The zero-order chi connectivity index (χ0) is 15.5. The predicted octanol–water partition coefficient (Wildman–Crippen LogP) is 2.26. The van der Waals surface area contributed by atoms with Gasteiger partial charge in [0, 0.05) is 19.6 Å². The number of hydrogen-bond donors (Lipinski definition) is 1. The molecule has 1 aromatic rings. The number of carbonyl (C=O) groups excluding carboxylic acids is 1. The maximum Gasteiger partial charge on any atom is 0.252 e. The first-order chi connectivity index (χ1) is 10.7. The third kappa shape index (κ3) is 3.15. The van der Waals surface area contributed by atoms with E-state index in [1.807, 2.05) is 11.0 Å². The maximum absolute atomic E-state index is 13.5. The summed E-state index contributed by atoms with van der Waals surface area (Å²) in [4.78, 5) is 14.7. The van der Waals surface area contributed by atoms with Crippen LogP contribution in [0.4, 0.5) is 4.39 Å². The Kier molecular flexibility index (Phi) is 4.74. The summed E-state index contributed by atoms with van der Waals surface area (Å²) in [6, 6.07) is 6.40. The van der Waals surface area contributed by atoms with Gasteiger partial charge in [-0.2, -0.15) is 0 Å². The highest BCUT2D eigenvalue weighted by Gasteiger charge is 2.36. The van der Waals surface area contributed by atoms with Gasteiger partial charge < -0.3 is 15.0 Å². The molecule has 3 rings (SSSR count). The van der Waals surface area contributed by atoms with Gasteiger partial charge in [0.2, 0.25) is 0 Å². The fourth-order valence-corrected chi connectivity index (χ4v) is 3.35. The fourth-order valence-electron chi connectivity index (χ4n) is 3.35. The molecule has 0 aliphatic carbocycles. The van der Waals surface area contributed by atoms with Crippen molar-refractivity contribution in [2.24, 2.45) is 0 Å². The second-order valence-corrected chi connectivity index (χ2v) is 6.04. The van der Waals surface area contributed by atoms with Crippen LogP contribution < -0.4 is 5.32 Å². The van der Waals surface area contributed by atoms with Crippen molar-refractivity contribution in [3.8, 4) is 0 Å². The van der Waals surface area contributed by atoms with Crippen LogP contribution in [0, 0.1) is 5.82 Å². The van der Waals surface area contributed by atoms with E-state index in [0.29, 0.717) is 13.1 Å². The Labute approximate surface area is 130 Å². The second-order valence-electron chi connectivity index (χ2n) is 6.04. The van der Waals surface area contributed by atoms with Crippen molar-refractivity contribution in [3.63, 3.8) is 0 Å². The number of carbonyl (C=O) groups is 1. The van der Waals surface area contributed by atoms with E-state index in [9.17, 15) is 9.18 Å². The molecule has 1 N–H and O–H groups in total. The fraction of sp³-hybridized carbons (Fsp3) is 0.588. The van der Waals surface area contributed by atoms with Crippen LogP contribution >= 0.6 is 0 Å². The normalized spacial score (nSPS) is 28.8. The van der Waals surface area contributed by atoms with Crippen molar-refractivity contribution in [1.29, 1.82) is 0 Å². The minimum atomic E-state index is -0.334. The molecule has 0 aromatic heterocycles. The third-order valence-corrected chi connectivity index (χ3v) is 4.60. The van der Waals surface area contributed by atoms with E-state index in [4.69, 9.17) is 4.74 Å². The molecule has 4 nitrogen and oxygen atoms in total. The molecule has 0 radical (unpaired) electrons. The first kappa shape index (κ1) is 15.4. The van der Waals surface area contributed by atoms with Crippen LogP contribution in [0.5, 0.6) is 0 Å². The Morgan fingerprint density at radius 2 is 2.32 bits per heavy atom. The summed E-state index contributed by atoms with van der Waals surface area (Å²) < 4.78 is 19.3. The van der Waals surface area contributed by atoms with E-state index in [1.54, 1.807) is 6.07 Å². The topological polar surface area (TPSA) is 41.6 Å². The lowest BCUT2D eigenvalue weighted by molar-refractivity contribution is -0.146. The molecule has 5 heteroatoms. The van der Waals surface area contributed by atoms with Gasteiger partial charge in [-0.1, -0.05) is 19.1 Å². The summed E-state index contributed by atoms with van der Waals surface area (Å²) in [6.07, 6.45) is 2.54. The van der Waals surface area contributed by atoms with Gasteiger partial charge in [0.1, 0.15) is 11.9 Å². The minimum Gasteiger partial charge on any atom is -0.365 e. The molecule has 2 heterocycles. The number of hydrogen-bond acceptors (Lipinski definition) is 3. The lowest BCUT2D eigenvalue weighted by Gasteiger charge is -2.37. The Hall–Kier alpha value is -1.46. The number of nitrogens with one attached hydrogen (secondary N) is 1. The molecule has 0 saturated carbocycles. The first-order valence-electron chi connectivity index (χ1n) is 8.11. The number of halogens is 1. The van der Waals surface area contributed by atoms with Gasteiger partial charge in [0.05, 0.1) is 12.1 Å². The molecule has 3 unspecified atom stereocenters. The summed E-state index contributed by atoms with van der Waals surface area (Å²) in [5.41, 5.74) is 0.839. The molecule has 120 valence electrons. The van der Waals surface area contributed by atoms with Gasteiger partial charge in [0.15, 0.2) is 0 Å². The number of piperazine rings is 1. The quantitative estimate of drug-likeness (QED) is 0.931. The van der Waals surface area contributed by atoms with Crippen molar-refractivity contribution in [2.75, 3.05) is 19.6 Å². The van der Waals surface area contributed by atoms with Crippen molar-refractivity contribution in [1.82, 2.24) is 10.2 Å². The molecule has 0 bridgehead atoms. The molecule has 2 aliphatic heterocycles. The van der Waals surface area contributed by atoms with Crippen LogP contribution in [0.25, 0.3) is 0 Å². The summed E-state index contributed by atoms with van der Waals surface area (Å²) in [5.74, 6) is -0.217. The van der Waals surface area contributed by atoms with E-state index >= 15 is 0 Å². The second kappa shape index (κ2) is 6.75. The van der Waals surface area contributed by atoms with E-state index in [0.717, 1.165) is 31.4 Å². The average molecular weight is 306 g/mol. The zero-order valence-electron chi connectivity index (χ0n) is 12.9. The minimum absolute atomic E-state index is 0.0479. The van der Waals surface area contributed by atoms with E-state index in [1.165, 1.54) is 12.1 Å². The molecule has 2 fully saturated rings. The summed E-state index contributed by atoms with van der Waals surface area (Å²) in [7, 11) is 0. The maximum atomic E-state index is 13.5. The number of ether oxygens (including phenoxy) is 1. The van der Waals surface area contributed by atoms with Gasteiger partial charge in [-0.3, -0.25) is 4.79 Å². The van der Waals surface area contributed by atoms with E-state index in [-0.39, 0.29) is 30.0 Å². The van der Waals surface area contributed by atoms with Crippen molar-refractivity contribution in [2.45, 2.75) is 44.4 Å². The predicted molar refractivity (Wildman–Crippen MR) is 81.9 cm³/mol. The van der Waals surface area contributed by atoms with Crippen LogP contribution in [0.15, 0.2) is 24.3 Å². The smallest absolute Gasteiger partial charge is 0.252 e. The molecule has 2 saturated heterocycles. The van der Waals surface area contributed by atoms with Crippen molar-refractivity contribution >= 4 is 5.91 Å². The molecule has 3 atom stereocenters. The van der Waals surface area contributed by atoms with Crippen LogP contribution in [0.3, 0.4) is 0 Å². The number of amides is 1. The molecular formula is C17H23FN2O2. The van der Waals surface area contributed by atoms with Crippen LogP contribution in [0.1, 0.15) is 37.8 Å². The van der Waals surface area contributed by atoms with Gasteiger partial charge in [-0.15, -0.1) is 0 Å². The van der Waals surface area contributed by atoms with Gasteiger partial charge >= 0.3 is 0 Å². The Morgan fingerprint density at radius 3 is 3.05 bits per heavy atom. The Bertz CT molecular complexity index is 537. The molecular weight excluding hydrogens is 283 g/mol. The van der Waals surface area contributed by atoms with Crippen LogP contribution in [-0.4, -0.2) is 42.6 Å². The van der Waals surface area contributed by atoms with E-state index in [2.05, 4.69) is 12.2 Å². The molecule has 1 aromatic carbocycles. The number of benzene rings is 1. The molecule has 22 heavy (non-hydrogen) atoms. The Balaban J connectivity index is 1.76. The Morgan fingerprint density at radius 1 is 1.45 bits per heavy atom. The SMILES string of the molecule is CCC1CCC(C(=O)N2CCNCC2c2cccc(F)c2)O1. The van der Waals surface area contributed by atoms with Crippen LogP contribution in [0.2, 0.25) is 0 Å². The van der Waals surface area contributed by atoms with Gasteiger partial charge in [0.25, 0.3) is 5.91 Å². The van der Waals surface area contributed by atoms with Gasteiger partial charge in [-0.05, 0) is 37.0 Å². The highest BCUT2D eigenvalue weighted by atomic mass is 19.1. The van der Waals surface area contributed by atoms with E-state index < -0.39 is 0 Å². The lowest BCUT2D eigenvalue weighted by atomic mass is 10.0. The van der Waals surface area contributed by atoms with Crippen molar-refractivity contribution < 1.29 is 13.9 Å². The standard InChI is InChI=1S/C17H23FN2O2/c1-2-14-6-7-16(22-14)17(21)20-9-8-19-11-15(20)12-4-3-5-13(18)10-12/h3-5,10,14-16,19H,2,6-9,11H2,1H3. The zero-order valence-corrected chi connectivity index (χ0v) is 12.9. The summed E-state index contributed by atoms with van der Waals surface area (Å²) in [5, 5.41) is 3.29. The number of nitrogens with zero attached hydrogens (tertiary/aromatic N) is 1. The molecule has 1 amide bonds. The van der Waals surface area contributed by atoms with Crippen molar-refractivity contribution in [3.05, 3.63) is 35.6 Å². The number of rotatable bonds is 3. The third-order valence-electron chi connectivity index (χ3n) is 4.60. The molecule has 0 spiro atoms. The molecule has 2 aliphatic rings. The largest absolute Gasteiger partial charge is 0.365 e. The average Bonchev–Trinajstić information content (AvgIpc) is 3.03. The lowest BCUT2D eigenvalue weighted by Crippen LogP contribution is -2.51. The van der Waals surface area contributed by atoms with Gasteiger partial charge in [-0.25, -0.2) is 4.39 Å². The summed E-state index contributed by atoms with van der Waals surface area (Å²) >= 11 is 0. The first-order valence-corrected chi connectivity index (χ1v) is 8.11. The monoisotopic (exact) mass is 306 g/mol. The van der Waals surface area contributed by atoms with Crippen LogP contribution in [-0.2, 0) is 9.53 Å². The highest BCUT2D eigenvalue weighted by Crippen LogP contribution is 2.28. The highest BCUT2D eigenvalue weighted by molar-refractivity contribution is 5.82.